The molecule has 0 radical (unpaired) electrons. The van der Waals surface area contributed by atoms with Gasteiger partial charge in [-0.1, -0.05) is 29.8 Å². The van der Waals surface area contributed by atoms with Crippen molar-refractivity contribution in [3.05, 3.63) is 41.2 Å². The van der Waals surface area contributed by atoms with Gasteiger partial charge in [-0.15, -0.1) is 10.2 Å². The number of hydrogen-bond acceptors (Lipinski definition) is 4. The molecule has 1 aromatic carbocycles. The molecule has 6 nitrogen and oxygen atoms in total. The molecule has 0 bridgehead atoms. The summed E-state index contributed by atoms with van der Waals surface area (Å²) in [5.74, 6) is 0.591. The molecule has 1 aromatic heterocycles. The highest BCUT2D eigenvalue weighted by Crippen LogP contribution is 2.17. The maximum atomic E-state index is 11.5. The average Bonchev–Trinajstić information content (AvgIpc) is 2.75. The van der Waals surface area contributed by atoms with E-state index in [-0.39, 0.29) is 11.2 Å². The Morgan fingerprint density at radius 2 is 1.80 bits per heavy atom. The number of aromatic nitrogens is 3. The van der Waals surface area contributed by atoms with E-state index < -0.39 is 10.0 Å². The topological polar surface area (TPSA) is 90.9 Å². The van der Waals surface area contributed by atoms with Crippen LogP contribution in [0.3, 0.4) is 0 Å². The zero-order valence-corrected chi connectivity index (χ0v) is 12.6. The number of nitrogens with zero attached hydrogens (tertiary/aromatic N) is 3. The van der Waals surface area contributed by atoms with Gasteiger partial charge in [0, 0.05) is 12.5 Å². The van der Waals surface area contributed by atoms with Crippen LogP contribution in [-0.2, 0) is 16.4 Å². The van der Waals surface area contributed by atoms with E-state index in [0.717, 1.165) is 5.56 Å². The number of nitrogens with two attached hydrogens (primary N) is 1. The predicted octanol–water partition coefficient (Wildman–Crippen LogP) is 1.41. The molecule has 2 N–H and O–H groups in total. The smallest absolute Gasteiger partial charge is 0.273 e. The number of aryl methyl sites for hydroxylation is 1. The fraction of sp³-hybridized carbons (Fsp3) is 0.385. The minimum Gasteiger partial charge on any atom is -0.298 e. The van der Waals surface area contributed by atoms with Gasteiger partial charge in [0.2, 0.25) is 0 Å². The van der Waals surface area contributed by atoms with E-state index in [9.17, 15) is 8.42 Å². The maximum Gasteiger partial charge on any atom is 0.273 e. The standard InChI is InChI=1S/C13H18N4O2S/c1-9(2)17-12(15-16-13(17)20(14,18)19)8-11-6-4-10(3)5-7-11/h4-7,9H,8H2,1-3H3,(H2,14,18,19). The SMILES string of the molecule is Cc1ccc(Cc2nnc(S(N)(=O)=O)n2C(C)C)cc1. The molecule has 0 saturated heterocycles. The minimum absolute atomic E-state index is 0.0845. The van der Waals surface area contributed by atoms with Crippen molar-refractivity contribution in [1.82, 2.24) is 14.8 Å². The van der Waals surface area contributed by atoms with Crippen molar-refractivity contribution in [3.63, 3.8) is 0 Å². The monoisotopic (exact) mass is 294 g/mol. The Morgan fingerprint density at radius 1 is 1.20 bits per heavy atom. The zero-order valence-electron chi connectivity index (χ0n) is 11.7. The molecule has 0 aliphatic rings. The highest BCUT2D eigenvalue weighted by Gasteiger charge is 2.22. The van der Waals surface area contributed by atoms with Gasteiger partial charge in [0.1, 0.15) is 5.82 Å². The third kappa shape index (κ3) is 3.05. The van der Waals surface area contributed by atoms with Gasteiger partial charge in [-0.2, -0.15) is 0 Å². The summed E-state index contributed by atoms with van der Waals surface area (Å²) in [5, 5.41) is 12.7. The van der Waals surface area contributed by atoms with Crippen LogP contribution in [0, 0.1) is 6.92 Å². The van der Waals surface area contributed by atoms with Gasteiger partial charge in [0.25, 0.3) is 15.2 Å². The minimum atomic E-state index is -3.87. The summed E-state index contributed by atoms with van der Waals surface area (Å²) in [5.41, 5.74) is 2.22. The molecule has 7 heteroatoms. The van der Waals surface area contributed by atoms with Gasteiger partial charge in [0.15, 0.2) is 0 Å². The van der Waals surface area contributed by atoms with Crippen LogP contribution in [0.15, 0.2) is 29.4 Å². The van der Waals surface area contributed by atoms with Gasteiger partial charge in [-0.25, -0.2) is 13.6 Å². The second-order valence-electron chi connectivity index (χ2n) is 5.07. The Hall–Kier alpha value is -1.73. The quantitative estimate of drug-likeness (QED) is 0.923. The molecule has 1 heterocycles. The van der Waals surface area contributed by atoms with Crippen molar-refractivity contribution in [2.75, 3.05) is 0 Å². The summed E-state index contributed by atoms with van der Waals surface area (Å²) in [4.78, 5) is 0. The van der Waals surface area contributed by atoms with Crippen LogP contribution in [0.2, 0.25) is 0 Å². The highest BCUT2D eigenvalue weighted by molar-refractivity contribution is 7.89. The Morgan fingerprint density at radius 3 is 2.30 bits per heavy atom. The molecule has 0 amide bonds. The molecule has 0 aliphatic carbocycles. The molecular weight excluding hydrogens is 276 g/mol. The van der Waals surface area contributed by atoms with Crippen LogP contribution in [0.5, 0.6) is 0 Å². The van der Waals surface area contributed by atoms with Crippen LogP contribution >= 0.6 is 0 Å². The van der Waals surface area contributed by atoms with Gasteiger partial charge >= 0.3 is 0 Å². The molecule has 2 aromatic rings. The predicted molar refractivity (Wildman–Crippen MR) is 75.8 cm³/mol. The summed E-state index contributed by atoms with van der Waals surface area (Å²) in [6.07, 6.45) is 0.515. The van der Waals surface area contributed by atoms with E-state index >= 15 is 0 Å². The second-order valence-corrected chi connectivity index (χ2v) is 6.53. The molecule has 20 heavy (non-hydrogen) atoms. The molecular formula is C13H18N4O2S. The number of hydrogen-bond donors (Lipinski definition) is 1. The summed E-state index contributed by atoms with van der Waals surface area (Å²) >= 11 is 0. The van der Waals surface area contributed by atoms with Crippen molar-refractivity contribution in [3.8, 4) is 0 Å². The first kappa shape index (κ1) is 14.7. The molecule has 0 aliphatic heterocycles. The van der Waals surface area contributed by atoms with Crippen molar-refractivity contribution >= 4 is 10.0 Å². The van der Waals surface area contributed by atoms with Crippen LogP contribution in [0.1, 0.15) is 36.8 Å². The lowest BCUT2D eigenvalue weighted by Crippen LogP contribution is -2.20. The van der Waals surface area contributed by atoms with E-state index in [1.807, 2.05) is 45.0 Å². The van der Waals surface area contributed by atoms with Gasteiger partial charge in [0.05, 0.1) is 0 Å². The molecule has 0 atom stereocenters. The van der Waals surface area contributed by atoms with Crippen LogP contribution in [0.25, 0.3) is 0 Å². The number of benzene rings is 1. The molecule has 108 valence electrons. The molecule has 0 unspecified atom stereocenters. The van der Waals surface area contributed by atoms with Crippen molar-refractivity contribution in [2.45, 2.75) is 38.4 Å². The lowest BCUT2D eigenvalue weighted by atomic mass is 10.1. The van der Waals surface area contributed by atoms with Crippen molar-refractivity contribution in [2.24, 2.45) is 5.14 Å². The summed E-state index contributed by atoms with van der Waals surface area (Å²) < 4.78 is 24.6. The first-order valence-electron chi connectivity index (χ1n) is 6.31. The van der Waals surface area contributed by atoms with E-state index in [4.69, 9.17) is 5.14 Å². The first-order chi connectivity index (χ1) is 9.29. The summed E-state index contributed by atoms with van der Waals surface area (Å²) in [7, 11) is -3.87. The normalized spacial score (nSPS) is 12.1. The molecule has 0 spiro atoms. The van der Waals surface area contributed by atoms with Crippen molar-refractivity contribution in [1.29, 1.82) is 0 Å². The lowest BCUT2D eigenvalue weighted by Gasteiger charge is -2.12. The maximum absolute atomic E-state index is 11.5. The fourth-order valence-corrected chi connectivity index (χ4v) is 2.77. The second kappa shape index (κ2) is 5.34. The van der Waals surface area contributed by atoms with Gasteiger partial charge in [-0.3, -0.25) is 4.57 Å². The largest absolute Gasteiger partial charge is 0.298 e. The average molecular weight is 294 g/mol. The highest BCUT2D eigenvalue weighted by atomic mass is 32.2. The van der Waals surface area contributed by atoms with E-state index in [1.165, 1.54) is 5.56 Å². The van der Waals surface area contributed by atoms with E-state index in [0.29, 0.717) is 12.2 Å². The zero-order chi connectivity index (χ0) is 14.9. The Kier molecular flexibility index (Phi) is 3.92. The van der Waals surface area contributed by atoms with Crippen LogP contribution in [0.4, 0.5) is 0 Å². The van der Waals surface area contributed by atoms with Crippen LogP contribution < -0.4 is 5.14 Å². The first-order valence-corrected chi connectivity index (χ1v) is 7.86. The summed E-state index contributed by atoms with van der Waals surface area (Å²) in [6, 6.07) is 7.91. The Balaban J connectivity index is 2.42. The van der Waals surface area contributed by atoms with E-state index in [2.05, 4.69) is 10.2 Å². The Labute approximate surface area is 118 Å². The number of primary sulfonamides is 1. The molecule has 0 fully saturated rings. The third-order valence-corrected chi connectivity index (χ3v) is 3.78. The number of rotatable bonds is 4. The van der Waals surface area contributed by atoms with E-state index in [1.54, 1.807) is 4.57 Å². The van der Waals surface area contributed by atoms with Crippen molar-refractivity contribution < 1.29 is 8.42 Å². The lowest BCUT2D eigenvalue weighted by molar-refractivity contribution is 0.507. The Bertz CT molecular complexity index is 702. The molecule has 2 rings (SSSR count). The summed E-state index contributed by atoms with van der Waals surface area (Å²) in [6.45, 7) is 5.76. The van der Waals surface area contributed by atoms with Crippen LogP contribution in [-0.4, -0.2) is 23.2 Å². The fourth-order valence-electron chi connectivity index (χ4n) is 2.03. The molecule has 0 saturated carbocycles. The van der Waals surface area contributed by atoms with Gasteiger partial charge < -0.3 is 0 Å². The third-order valence-electron chi connectivity index (χ3n) is 2.99. The van der Waals surface area contributed by atoms with Gasteiger partial charge in [-0.05, 0) is 26.3 Å². The number of sulfonamides is 1.